The van der Waals surface area contributed by atoms with Crippen LogP contribution in [0, 0.1) is 0 Å². The Morgan fingerprint density at radius 2 is 1.74 bits per heavy atom. The fourth-order valence-electron chi connectivity index (χ4n) is 2.24. The SMILES string of the molecule is CCNCCCNCc1cccc(OCc2ccc(Cl)cc2)c1. The Hall–Kier alpha value is -1.55. The van der Waals surface area contributed by atoms with Crippen molar-refractivity contribution in [3.05, 3.63) is 64.7 Å². The summed E-state index contributed by atoms with van der Waals surface area (Å²) in [6, 6.07) is 16.0. The molecule has 0 aromatic heterocycles. The zero-order valence-electron chi connectivity index (χ0n) is 13.6. The predicted molar refractivity (Wildman–Crippen MR) is 97.1 cm³/mol. The molecule has 0 aliphatic heterocycles. The summed E-state index contributed by atoms with van der Waals surface area (Å²) in [5, 5.41) is 7.53. The molecule has 0 atom stereocenters. The first-order chi connectivity index (χ1) is 11.3. The molecule has 3 nitrogen and oxygen atoms in total. The fraction of sp³-hybridized carbons (Fsp3) is 0.368. The lowest BCUT2D eigenvalue weighted by Gasteiger charge is -2.09. The van der Waals surface area contributed by atoms with Gasteiger partial charge in [0.05, 0.1) is 0 Å². The Kier molecular flexibility index (Phi) is 7.95. The van der Waals surface area contributed by atoms with Gasteiger partial charge in [-0.25, -0.2) is 0 Å². The molecule has 2 aromatic carbocycles. The van der Waals surface area contributed by atoms with Crippen molar-refractivity contribution in [3.8, 4) is 5.75 Å². The van der Waals surface area contributed by atoms with Gasteiger partial charge >= 0.3 is 0 Å². The van der Waals surface area contributed by atoms with Crippen LogP contribution in [0.15, 0.2) is 48.5 Å². The monoisotopic (exact) mass is 332 g/mol. The molecule has 2 aromatic rings. The summed E-state index contributed by atoms with van der Waals surface area (Å²) in [6.45, 7) is 6.66. The minimum atomic E-state index is 0.552. The first-order valence-electron chi connectivity index (χ1n) is 8.15. The van der Waals surface area contributed by atoms with E-state index in [1.165, 1.54) is 5.56 Å². The third-order valence-corrected chi connectivity index (χ3v) is 3.76. The Bertz CT molecular complexity index is 572. The number of halogens is 1. The van der Waals surface area contributed by atoms with Crippen LogP contribution >= 0.6 is 11.6 Å². The van der Waals surface area contributed by atoms with Crippen molar-refractivity contribution in [1.29, 1.82) is 0 Å². The lowest BCUT2D eigenvalue weighted by Crippen LogP contribution is -2.21. The molecular weight excluding hydrogens is 308 g/mol. The van der Waals surface area contributed by atoms with Crippen molar-refractivity contribution < 1.29 is 4.74 Å². The fourth-order valence-corrected chi connectivity index (χ4v) is 2.37. The molecule has 0 amide bonds. The highest BCUT2D eigenvalue weighted by Gasteiger charge is 1.99. The van der Waals surface area contributed by atoms with Gasteiger partial charge in [-0.05, 0) is 61.4 Å². The van der Waals surface area contributed by atoms with E-state index in [1.54, 1.807) is 0 Å². The third-order valence-electron chi connectivity index (χ3n) is 3.50. The van der Waals surface area contributed by atoms with Crippen LogP contribution < -0.4 is 15.4 Å². The third kappa shape index (κ3) is 7.04. The van der Waals surface area contributed by atoms with E-state index < -0.39 is 0 Å². The molecule has 2 rings (SSSR count). The normalized spacial score (nSPS) is 10.7. The summed E-state index contributed by atoms with van der Waals surface area (Å²) >= 11 is 5.89. The van der Waals surface area contributed by atoms with Crippen molar-refractivity contribution in [2.75, 3.05) is 19.6 Å². The van der Waals surface area contributed by atoms with Crippen molar-refractivity contribution >= 4 is 11.6 Å². The molecular formula is C19H25ClN2O. The van der Waals surface area contributed by atoms with Crippen LogP contribution in [0.3, 0.4) is 0 Å². The number of rotatable bonds is 10. The van der Waals surface area contributed by atoms with Gasteiger partial charge in [0.25, 0.3) is 0 Å². The lowest BCUT2D eigenvalue weighted by atomic mass is 10.2. The number of nitrogens with one attached hydrogen (secondary N) is 2. The van der Waals surface area contributed by atoms with Crippen LogP contribution in [0.1, 0.15) is 24.5 Å². The molecule has 0 aliphatic rings. The van der Waals surface area contributed by atoms with Gasteiger partial charge in [-0.3, -0.25) is 0 Å². The summed E-state index contributed by atoms with van der Waals surface area (Å²) in [5.74, 6) is 0.895. The van der Waals surface area contributed by atoms with E-state index in [4.69, 9.17) is 16.3 Å². The minimum absolute atomic E-state index is 0.552. The van der Waals surface area contributed by atoms with Crippen molar-refractivity contribution in [2.24, 2.45) is 0 Å². The zero-order chi connectivity index (χ0) is 16.3. The molecule has 0 fully saturated rings. The lowest BCUT2D eigenvalue weighted by molar-refractivity contribution is 0.306. The molecule has 2 N–H and O–H groups in total. The van der Waals surface area contributed by atoms with E-state index >= 15 is 0 Å². The number of ether oxygens (including phenoxy) is 1. The maximum atomic E-state index is 5.89. The van der Waals surface area contributed by atoms with Crippen LogP contribution in [-0.4, -0.2) is 19.6 Å². The van der Waals surface area contributed by atoms with Crippen molar-refractivity contribution in [2.45, 2.75) is 26.5 Å². The highest BCUT2D eigenvalue weighted by Crippen LogP contribution is 2.16. The number of benzene rings is 2. The summed E-state index contributed by atoms with van der Waals surface area (Å²) in [4.78, 5) is 0. The van der Waals surface area contributed by atoms with E-state index in [9.17, 15) is 0 Å². The van der Waals surface area contributed by atoms with E-state index in [1.807, 2.05) is 36.4 Å². The molecule has 23 heavy (non-hydrogen) atoms. The Morgan fingerprint density at radius 3 is 2.52 bits per heavy atom. The molecule has 0 saturated heterocycles. The standard InChI is InChI=1S/C19H25ClN2O/c1-2-21-11-4-12-22-14-17-5-3-6-19(13-17)23-15-16-7-9-18(20)10-8-16/h3,5-10,13,21-22H,2,4,11-12,14-15H2,1H3. The molecule has 0 spiro atoms. The van der Waals surface area contributed by atoms with Crippen LogP contribution in [0.4, 0.5) is 0 Å². The quantitative estimate of drug-likeness (QED) is 0.645. The zero-order valence-corrected chi connectivity index (χ0v) is 14.4. The van der Waals surface area contributed by atoms with E-state index in [0.717, 1.165) is 48.9 Å². The van der Waals surface area contributed by atoms with E-state index in [-0.39, 0.29) is 0 Å². The van der Waals surface area contributed by atoms with Crippen LogP contribution in [0.25, 0.3) is 0 Å². The van der Waals surface area contributed by atoms with Gasteiger partial charge in [-0.2, -0.15) is 0 Å². The molecule has 0 aliphatic carbocycles. The molecule has 0 saturated carbocycles. The first kappa shape index (κ1) is 17.8. The topological polar surface area (TPSA) is 33.3 Å². The average Bonchev–Trinajstić information content (AvgIpc) is 2.58. The summed E-state index contributed by atoms with van der Waals surface area (Å²) in [6.07, 6.45) is 1.14. The van der Waals surface area contributed by atoms with Crippen molar-refractivity contribution in [1.82, 2.24) is 10.6 Å². The van der Waals surface area contributed by atoms with Gasteiger partial charge in [0, 0.05) is 11.6 Å². The highest BCUT2D eigenvalue weighted by molar-refractivity contribution is 6.30. The maximum absolute atomic E-state index is 5.89. The number of hydrogen-bond donors (Lipinski definition) is 2. The second-order valence-electron chi connectivity index (χ2n) is 5.45. The minimum Gasteiger partial charge on any atom is -0.489 e. The molecule has 0 heterocycles. The predicted octanol–water partition coefficient (Wildman–Crippen LogP) is 4.01. The second-order valence-corrected chi connectivity index (χ2v) is 5.88. The van der Waals surface area contributed by atoms with Gasteiger partial charge in [0.2, 0.25) is 0 Å². The highest BCUT2D eigenvalue weighted by atomic mass is 35.5. The van der Waals surface area contributed by atoms with Gasteiger partial charge in [0.15, 0.2) is 0 Å². The summed E-state index contributed by atoms with van der Waals surface area (Å²) < 4.78 is 5.85. The maximum Gasteiger partial charge on any atom is 0.120 e. The molecule has 4 heteroatoms. The summed E-state index contributed by atoms with van der Waals surface area (Å²) in [7, 11) is 0. The van der Waals surface area contributed by atoms with Gasteiger partial charge in [-0.15, -0.1) is 0 Å². The first-order valence-corrected chi connectivity index (χ1v) is 8.53. The van der Waals surface area contributed by atoms with E-state index in [0.29, 0.717) is 6.61 Å². The molecule has 0 unspecified atom stereocenters. The second kappa shape index (κ2) is 10.3. The Balaban J connectivity index is 1.74. The van der Waals surface area contributed by atoms with Gasteiger partial charge < -0.3 is 15.4 Å². The average molecular weight is 333 g/mol. The van der Waals surface area contributed by atoms with Gasteiger partial charge in [-0.1, -0.05) is 42.8 Å². The van der Waals surface area contributed by atoms with Crippen LogP contribution in [0.5, 0.6) is 5.75 Å². The Labute approximate surface area is 144 Å². The molecule has 0 radical (unpaired) electrons. The Morgan fingerprint density at radius 1 is 0.957 bits per heavy atom. The molecule has 124 valence electrons. The van der Waals surface area contributed by atoms with Crippen LogP contribution in [-0.2, 0) is 13.2 Å². The number of hydrogen-bond acceptors (Lipinski definition) is 3. The largest absolute Gasteiger partial charge is 0.489 e. The van der Waals surface area contributed by atoms with Gasteiger partial charge in [0.1, 0.15) is 12.4 Å². The van der Waals surface area contributed by atoms with E-state index in [2.05, 4.69) is 29.7 Å². The summed E-state index contributed by atoms with van der Waals surface area (Å²) in [5.41, 5.74) is 2.35. The van der Waals surface area contributed by atoms with Crippen LogP contribution in [0.2, 0.25) is 5.02 Å². The molecule has 0 bridgehead atoms. The smallest absolute Gasteiger partial charge is 0.120 e. The van der Waals surface area contributed by atoms with Crippen molar-refractivity contribution in [3.63, 3.8) is 0 Å².